The van der Waals surface area contributed by atoms with Gasteiger partial charge in [0.15, 0.2) is 0 Å². The molecule has 78 valence electrons. The minimum atomic E-state index is -0.865. The van der Waals surface area contributed by atoms with Gasteiger partial charge in [-0.2, -0.15) is 0 Å². The maximum atomic E-state index is 11.1. The summed E-state index contributed by atoms with van der Waals surface area (Å²) in [6, 6.07) is 9.53. The van der Waals surface area contributed by atoms with Gasteiger partial charge in [0.2, 0.25) is 0 Å². The highest BCUT2D eigenvalue weighted by Crippen LogP contribution is 2.26. The largest absolute Gasteiger partial charge is 0.481 e. The van der Waals surface area contributed by atoms with Gasteiger partial charge in [-0.25, -0.2) is 0 Å². The van der Waals surface area contributed by atoms with Crippen molar-refractivity contribution < 1.29 is 9.90 Å². The summed E-state index contributed by atoms with van der Waals surface area (Å²) in [6.07, 6.45) is 5.91. The molecule has 0 spiro atoms. The number of aliphatic carboxylic acids is 1. The molecule has 1 rings (SSSR count). The number of carbonyl (C=O) groups is 1. The average Bonchev–Trinajstić information content (AvgIpc) is 2.19. The van der Waals surface area contributed by atoms with Crippen LogP contribution in [-0.4, -0.2) is 11.1 Å². The Morgan fingerprint density at radius 2 is 2.07 bits per heavy atom. The van der Waals surface area contributed by atoms with Crippen LogP contribution in [-0.2, 0) is 11.2 Å². The maximum absolute atomic E-state index is 11.1. The zero-order chi connectivity index (χ0) is 11.3. The van der Waals surface area contributed by atoms with Crippen LogP contribution < -0.4 is 0 Å². The molecule has 2 heteroatoms. The molecule has 0 aromatic heterocycles. The van der Waals surface area contributed by atoms with Gasteiger partial charge in [0.05, 0.1) is 5.41 Å². The third-order valence-corrected chi connectivity index (χ3v) is 2.45. The Kier molecular flexibility index (Phi) is 3.51. The monoisotopic (exact) mass is 202 g/mol. The van der Waals surface area contributed by atoms with Gasteiger partial charge in [-0.15, -0.1) is 12.3 Å². The molecule has 1 aromatic carbocycles. The lowest BCUT2D eigenvalue weighted by molar-refractivity contribution is -0.147. The van der Waals surface area contributed by atoms with Crippen molar-refractivity contribution in [1.29, 1.82) is 0 Å². The van der Waals surface area contributed by atoms with Crippen molar-refractivity contribution in [2.45, 2.75) is 19.8 Å². The van der Waals surface area contributed by atoms with Crippen molar-refractivity contribution in [1.82, 2.24) is 0 Å². The van der Waals surface area contributed by atoms with E-state index in [2.05, 4.69) is 5.92 Å². The zero-order valence-electron chi connectivity index (χ0n) is 8.73. The molecule has 1 atom stereocenters. The molecule has 2 nitrogen and oxygen atoms in total. The summed E-state index contributed by atoms with van der Waals surface area (Å²) in [5.74, 6) is 1.59. The normalized spacial score (nSPS) is 13.9. The number of carboxylic acid groups (broad SMARTS) is 1. The van der Waals surface area contributed by atoms with Crippen molar-refractivity contribution in [2.24, 2.45) is 5.41 Å². The first-order valence-corrected chi connectivity index (χ1v) is 4.79. The van der Waals surface area contributed by atoms with Crippen molar-refractivity contribution in [3.8, 4) is 12.3 Å². The van der Waals surface area contributed by atoms with E-state index in [0.717, 1.165) is 5.56 Å². The average molecular weight is 202 g/mol. The van der Waals surface area contributed by atoms with Crippen molar-refractivity contribution in [3.05, 3.63) is 35.9 Å². The van der Waals surface area contributed by atoms with Gasteiger partial charge in [-0.05, 0) is 18.9 Å². The molecule has 1 unspecified atom stereocenters. The van der Waals surface area contributed by atoms with Crippen molar-refractivity contribution >= 4 is 5.97 Å². The quantitative estimate of drug-likeness (QED) is 0.761. The Morgan fingerprint density at radius 3 is 2.53 bits per heavy atom. The Labute approximate surface area is 89.9 Å². The molecule has 0 aliphatic heterocycles. The van der Waals surface area contributed by atoms with E-state index in [-0.39, 0.29) is 6.42 Å². The first-order valence-electron chi connectivity index (χ1n) is 4.79. The van der Waals surface area contributed by atoms with E-state index in [9.17, 15) is 4.79 Å². The van der Waals surface area contributed by atoms with Crippen LogP contribution in [0.2, 0.25) is 0 Å². The van der Waals surface area contributed by atoms with Gasteiger partial charge in [-0.1, -0.05) is 30.3 Å². The molecule has 0 saturated heterocycles. The Balaban J connectivity index is 2.86. The Bertz CT molecular complexity index is 375. The van der Waals surface area contributed by atoms with E-state index in [1.165, 1.54) is 0 Å². The van der Waals surface area contributed by atoms with Gasteiger partial charge >= 0.3 is 5.97 Å². The summed E-state index contributed by atoms with van der Waals surface area (Å²) in [7, 11) is 0. The highest BCUT2D eigenvalue weighted by Gasteiger charge is 2.32. The second kappa shape index (κ2) is 4.65. The fraction of sp³-hybridized carbons (Fsp3) is 0.308. The van der Waals surface area contributed by atoms with Gasteiger partial charge in [0.25, 0.3) is 0 Å². The molecule has 1 N–H and O–H groups in total. The topological polar surface area (TPSA) is 37.3 Å². The molecule has 0 bridgehead atoms. The molecule has 15 heavy (non-hydrogen) atoms. The maximum Gasteiger partial charge on any atom is 0.310 e. The van der Waals surface area contributed by atoms with Crippen LogP contribution in [0.15, 0.2) is 30.3 Å². The lowest BCUT2D eigenvalue weighted by Crippen LogP contribution is -2.29. The van der Waals surface area contributed by atoms with Gasteiger partial charge in [0.1, 0.15) is 0 Å². The molecule has 0 radical (unpaired) electrons. The zero-order valence-corrected chi connectivity index (χ0v) is 8.73. The van der Waals surface area contributed by atoms with Gasteiger partial charge in [-0.3, -0.25) is 4.79 Å². The predicted molar refractivity (Wildman–Crippen MR) is 59.3 cm³/mol. The molecule has 0 amide bonds. The highest BCUT2D eigenvalue weighted by atomic mass is 16.4. The van der Waals surface area contributed by atoms with Crippen LogP contribution in [0.5, 0.6) is 0 Å². The minimum absolute atomic E-state index is 0.247. The molecule has 0 fully saturated rings. The second-order valence-electron chi connectivity index (χ2n) is 3.91. The molecular formula is C13H14O2. The van der Waals surface area contributed by atoms with E-state index in [1.807, 2.05) is 30.3 Å². The van der Waals surface area contributed by atoms with Gasteiger partial charge in [0, 0.05) is 6.42 Å². The third kappa shape index (κ3) is 2.85. The van der Waals surface area contributed by atoms with Crippen LogP contribution in [0.25, 0.3) is 0 Å². The van der Waals surface area contributed by atoms with Crippen LogP contribution >= 0.6 is 0 Å². The number of benzene rings is 1. The predicted octanol–water partition coefficient (Wildman–Crippen LogP) is 2.34. The lowest BCUT2D eigenvalue weighted by atomic mass is 9.81. The molecule has 1 aromatic rings. The summed E-state index contributed by atoms with van der Waals surface area (Å²) < 4.78 is 0. The summed E-state index contributed by atoms with van der Waals surface area (Å²) in [4.78, 5) is 11.1. The van der Waals surface area contributed by atoms with Crippen molar-refractivity contribution in [2.75, 3.05) is 0 Å². The third-order valence-electron chi connectivity index (χ3n) is 2.45. The van der Waals surface area contributed by atoms with E-state index in [4.69, 9.17) is 11.5 Å². The highest BCUT2D eigenvalue weighted by molar-refractivity contribution is 5.75. The summed E-state index contributed by atoms with van der Waals surface area (Å²) in [5, 5.41) is 9.13. The van der Waals surface area contributed by atoms with Crippen LogP contribution in [0.3, 0.4) is 0 Å². The number of rotatable bonds is 4. The number of terminal acetylenes is 1. The number of hydrogen-bond acceptors (Lipinski definition) is 1. The fourth-order valence-electron chi connectivity index (χ4n) is 1.49. The number of carboxylic acids is 1. The number of hydrogen-bond donors (Lipinski definition) is 1. The Hall–Kier alpha value is -1.75. The Morgan fingerprint density at radius 1 is 1.47 bits per heavy atom. The molecule has 0 saturated carbocycles. The van der Waals surface area contributed by atoms with Crippen molar-refractivity contribution in [3.63, 3.8) is 0 Å². The molecule has 0 aliphatic carbocycles. The van der Waals surface area contributed by atoms with E-state index in [1.54, 1.807) is 6.92 Å². The van der Waals surface area contributed by atoms with Crippen LogP contribution in [0.1, 0.15) is 18.9 Å². The standard InChI is InChI=1S/C13H14O2/c1-3-9-13(2,12(14)15)10-11-7-5-4-6-8-11/h1,4-8H,9-10H2,2H3,(H,14,15). The fourth-order valence-corrected chi connectivity index (χ4v) is 1.49. The SMILES string of the molecule is C#CCC(C)(Cc1ccccc1)C(=O)O. The first kappa shape index (κ1) is 11.3. The first-order chi connectivity index (χ1) is 7.08. The summed E-state index contributed by atoms with van der Waals surface area (Å²) >= 11 is 0. The summed E-state index contributed by atoms with van der Waals surface area (Å²) in [5.41, 5.74) is 0.133. The van der Waals surface area contributed by atoms with Crippen LogP contribution in [0, 0.1) is 17.8 Å². The van der Waals surface area contributed by atoms with E-state index in [0.29, 0.717) is 6.42 Å². The van der Waals surface area contributed by atoms with Crippen LogP contribution in [0.4, 0.5) is 0 Å². The summed E-state index contributed by atoms with van der Waals surface area (Å²) in [6.45, 7) is 1.68. The molecule has 0 aliphatic rings. The van der Waals surface area contributed by atoms with E-state index < -0.39 is 11.4 Å². The second-order valence-corrected chi connectivity index (χ2v) is 3.91. The van der Waals surface area contributed by atoms with E-state index >= 15 is 0 Å². The lowest BCUT2D eigenvalue weighted by Gasteiger charge is -2.22. The minimum Gasteiger partial charge on any atom is -0.481 e. The molecule has 0 heterocycles. The smallest absolute Gasteiger partial charge is 0.310 e. The van der Waals surface area contributed by atoms with Gasteiger partial charge < -0.3 is 5.11 Å². The molecular weight excluding hydrogens is 188 g/mol.